The lowest BCUT2D eigenvalue weighted by atomic mass is 10.1. The van der Waals surface area contributed by atoms with Crippen LogP contribution in [0.15, 0.2) is 53.3 Å². The highest BCUT2D eigenvalue weighted by molar-refractivity contribution is 7.19. The average Bonchev–Trinajstić information content (AvgIpc) is 3.07. The van der Waals surface area contributed by atoms with E-state index in [1.807, 2.05) is 62.4 Å². The van der Waals surface area contributed by atoms with Crippen molar-refractivity contribution >= 4 is 21.6 Å². The van der Waals surface area contributed by atoms with Crippen LogP contribution in [-0.2, 0) is 6.54 Å². The lowest BCUT2D eigenvalue weighted by Crippen LogP contribution is -2.24. The van der Waals surface area contributed by atoms with Crippen LogP contribution in [0.1, 0.15) is 16.1 Å². The monoisotopic (exact) mass is 377 g/mol. The van der Waals surface area contributed by atoms with E-state index in [2.05, 4.69) is 4.98 Å². The summed E-state index contributed by atoms with van der Waals surface area (Å²) in [6.45, 7) is 4.35. The Balaban J connectivity index is 1.91. The van der Waals surface area contributed by atoms with Crippen LogP contribution >= 0.6 is 11.3 Å². The van der Waals surface area contributed by atoms with Crippen LogP contribution in [0.4, 0.5) is 0 Å². The van der Waals surface area contributed by atoms with Gasteiger partial charge in [0.25, 0.3) is 5.56 Å². The summed E-state index contributed by atoms with van der Waals surface area (Å²) in [5, 5.41) is 5.54. The number of thiazole rings is 1. The third-order valence-corrected chi connectivity index (χ3v) is 5.38. The smallest absolute Gasteiger partial charge is 0.294 e. The second-order valence-corrected chi connectivity index (χ2v) is 7.64. The van der Waals surface area contributed by atoms with Gasteiger partial charge in [0.2, 0.25) is 0 Å². The normalized spacial score (nSPS) is 11.1. The van der Waals surface area contributed by atoms with Crippen LogP contribution in [0, 0.1) is 13.8 Å². The lowest BCUT2D eigenvalue weighted by molar-refractivity contribution is 0.415. The first-order valence-electron chi connectivity index (χ1n) is 8.63. The number of rotatable bonds is 4. The van der Waals surface area contributed by atoms with Gasteiger partial charge in [0, 0.05) is 5.56 Å². The number of aryl methyl sites for hydroxylation is 2. The molecule has 136 valence electrons. The maximum absolute atomic E-state index is 12.9. The van der Waals surface area contributed by atoms with Crippen LogP contribution in [0.2, 0.25) is 0 Å². The predicted octanol–water partition coefficient (Wildman–Crippen LogP) is 4.19. The maximum Gasteiger partial charge on any atom is 0.294 e. The Labute approximate surface area is 160 Å². The fourth-order valence-electron chi connectivity index (χ4n) is 3.00. The van der Waals surface area contributed by atoms with E-state index in [9.17, 15) is 4.79 Å². The molecular formula is C21H19N3O2S. The van der Waals surface area contributed by atoms with Crippen molar-refractivity contribution in [1.29, 1.82) is 0 Å². The number of fused-ring (bicyclic) bond motifs is 1. The molecule has 27 heavy (non-hydrogen) atoms. The molecule has 0 bridgehead atoms. The number of ether oxygens (including phenoxy) is 1. The summed E-state index contributed by atoms with van der Waals surface area (Å²) in [6, 6.07) is 15.8. The first-order chi connectivity index (χ1) is 13.0. The molecule has 0 aliphatic heterocycles. The summed E-state index contributed by atoms with van der Waals surface area (Å²) >= 11 is 1.49. The Bertz CT molecular complexity index is 1180. The van der Waals surface area contributed by atoms with Crippen molar-refractivity contribution in [2.24, 2.45) is 0 Å². The van der Waals surface area contributed by atoms with Gasteiger partial charge in [0.15, 0.2) is 5.52 Å². The minimum Gasteiger partial charge on any atom is -0.497 e. The highest BCUT2D eigenvalue weighted by Crippen LogP contribution is 2.31. The zero-order valence-corrected chi connectivity index (χ0v) is 16.2. The molecule has 4 rings (SSSR count). The van der Waals surface area contributed by atoms with Gasteiger partial charge in [-0.2, -0.15) is 5.10 Å². The largest absolute Gasteiger partial charge is 0.497 e. The molecule has 0 saturated carbocycles. The summed E-state index contributed by atoms with van der Waals surface area (Å²) in [7, 11) is 1.64. The van der Waals surface area contributed by atoms with Crippen LogP contribution < -0.4 is 10.3 Å². The van der Waals surface area contributed by atoms with Crippen molar-refractivity contribution in [2.75, 3.05) is 7.11 Å². The van der Waals surface area contributed by atoms with Crippen molar-refractivity contribution < 1.29 is 4.74 Å². The Morgan fingerprint density at radius 1 is 1.11 bits per heavy atom. The molecule has 0 atom stereocenters. The fourth-order valence-corrected chi connectivity index (χ4v) is 3.92. The van der Waals surface area contributed by atoms with E-state index in [1.54, 1.807) is 7.11 Å². The van der Waals surface area contributed by atoms with E-state index >= 15 is 0 Å². The van der Waals surface area contributed by atoms with Gasteiger partial charge in [-0.15, -0.1) is 11.3 Å². The van der Waals surface area contributed by atoms with Gasteiger partial charge >= 0.3 is 0 Å². The number of hydrogen-bond acceptors (Lipinski definition) is 5. The SMILES string of the molecule is COc1cccc(-c2nn(Cc3ccc(C)cc3)c(=O)c3nc(C)sc23)c1. The minimum absolute atomic E-state index is 0.165. The number of hydrogen-bond donors (Lipinski definition) is 0. The summed E-state index contributed by atoms with van der Waals surface area (Å²) in [6.07, 6.45) is 0. The number of methoxy groups -OCH3 is 1. The molecule has 2 heterocycles. The topological polar surface area (TPSA) is 57.0 Å². The molecule has 0 N–H and O–H groups in total. The zero-order valence-electron chi connectivity index (χ0n) is 15.4. The first-order valence-corrected chi connectivity index (χ1v) is 9.45. The van der Waals surface area contributed by atoms with Gasteiger partial charge in [0.1, 0.15) is 11.4 Å². The third kappa shape index (κ3) is 3.36. The Morgan fingerprint density at radius 3 is 2.63 bits per heavy atom. The molecule has 6 heteroatoms. The second-order valence-electron chi connectivity index (χ2n) is 6.44. The van der Waals surface area contributed by atoms with Gasteiger partial charge < -0.3 is 4.74 Å². The number of aromatic nitrogens is 3. The van der Waals surface area contributed by atoms with Gasteiger partial charge in [-0.1, -0.05) is 42.0 Å². The summed E-state index contributed by atoms with van der Waals surface area (Å²) in [5.74, 6) is 0.750. The molecule has 0 unspecified atom stereocenters. The van der Waals surface area contributed by atoms with E-state index in [1.165, 1.54) is 21.6 Å². The van der Waals surface area contributed by atoms with Crippen molar-refractivity contribution in [1.82, 2.24) is 14.8 Å². The highest BCUT2D eigenvalue weighted by atomic mass is 32.1. The molecule has 0 saturated heterocycles. The molecule has 0 spiro atoms. The van der Waals surface area contributed by atoms with Gasteiger partial charge in [-0.25, -0.2) is 9.67 Å². The van der Waals surface area contributed by atoms with Crippen molar-refractivity contribution in [2.45, 2.75) is 20.4 Å². The van der Waals surface area contributed by atoms with Crippen molar-refractivity contribution in [3.8, 4) is 17.0 Å². The molecule has 0 fully saturated rings. The third-order valence-electron chi connectivity index (χ3n) is 4.40. The quantitative estimate of drug-likeness (QED) is 0.535. The average molecular weight is 377 g/mol. The molecule has 5 nitrogen and oxygen atoms in total. The lowest BCUT2D eigenvalue weighted by Gasteiger charge is -2.10. The Morgan fingerprint density at radius 2 is 1.89 bits per heavy atom. The molecule has 0 radical (unpaired) electrons. The van der Waals surface area contributed by atoms with Crippen LogP contribution in [0.5, 0.6) is 5.75 Å². The number of benzene rings is 2. The van der Waals surface area contributed by atoms with Crippen LogP contribution in [0.3, 0.4) is 0 Å². The molecule has 4 aromatic rings. The standard InChI is InChI=1S/C21H19N3O2S/c1-13-7-9-15(10-8-13)12-24-21(25)19-20(27-14(2)22-19)18(23-24)16-5-4-6-17(11-16)26-3/h4-11H,12H2,1-3H3. The molecule has 2 aromatic heterocycles. The van der Waals surface area contributed by atoms with Crippen LogP contribution in [0.25, 0.3) is 21.5 Å². The summed E-state index contributed by atoms with van der Waals surface area (Å²) in [5.41, 5.74) is 4.17. The molecular weight excluding hydrogens is 358 g/mol. The van der Waals surface area contributed by atoms with E-state index < -0.39 is 0 Å². The van der Waals surface area contributed by atoms with Gasteiger partial charge in [0.05, 0.1) is 23.4 Å². The van der Waals surface area contributed by atoms with E-state index in [0.717, 1.165) is 32.3 Å². The Kier molecular flexibility index (Phi) is 4.49. The van der Waals surface area contributed by atoms with E-state index in [-0.39, 0.29) is 5.56 Å². The van der Waals surface area contributed by atoms with E-state index in [4.69, 9.17) is 9.84 Å². The summed E-state index contributed by atoms with van der Waals surface area (Å²) in [4.78, 5) is 17.4. The summed E-state index contributed by atoms with van der Waals surface area (Å²) < 4.78 is 7.66. The highest BCUT2D eigenvalue weighted by Gasteiger charge is 2.17. The Hall–Kier alpha value is -2.99. The van der Waals surface area contributed by atoms with Gasteiger partial charge in [-0.3, -0.25) is 4.79 Å². The van der Waals surface area contributed by atoms with Crippen molar-refractivity contribution in [3.05, 3.63) is 75.0 Å². The first kappa shape index (κ1) is 17.4. The maximum atomic E-state index is 12.9. The fraction of sp³-hybridized carbons (Fsp3) is 0.190. The van der Waals surface area contributed by atoms with Crippen LogP contribution in [-0.4, -0.2) is 21.9 Å². The zero-order chi connectivity index (χ0) is 19.0. The van der Waals surface area contributed by atoms with Gasteiger partial charge in [-0.05, 0) is 31.5 Å². The molecule has 0 aliphatic rings. The molecule has 2 aromatic carbocycles. The predicted molar refractivity (Wildman–Crippen MR) is 109 cm³/mol. The second kappa shape index (κ2) is 6.96. The van der Waals surface area contributed by atoms with E-state index in [0.29, 0.717) is 12.1 Å². The molecule has 0 amide bonds. The number of nitrogens with zero attached hydrogens (tertiary/aromatic N) is 3. The minimum atomic E-state index is -0.165. The molecule has 0 aliphatic carbocycles. The van der Waals surface area contributed by atoms with Crippen molar-refractivity contribution in [3.63, 3.8) is 0 Å².